The minimum Gasteiger partial charge on any atom is -0.504 e. The number of phenols is 2. The largest absolute Gasteiger partial charge is 0.504 e. The number of rotatable bonds is 3. The Morgan fingerprint density at radius 2 is 1.58 bits per heavy atom. The maximum absolute atomic E-state index is 12.1. The number of nitrogens with one attached hydrogen (secondary N) is 1. The molecule has 0 fully saturated rings. The molecule has 0 saturated carbocycles. The lowest BCUT2D eigenvalue weighted by Gasteiger charge is -2.09. The van der Waals surface area contributed by atoms with E-state index in [2.05, 4.69) is 4.72 Å². The molecule has 0 bridgehead atoms. The molecule has 0 aromatic heterocycles. The van der Waals surface area contributed by atoms with Crippen LogP contribution in [-0.2, 0) is 10.0 Å². The SMILES string of the molecule is Cc1ccc(S(=O)(=O)Nc2ccc(O)c(O)c2)cc1. The van der Waals surface area contributed by atoms with Gasteiger partial charge in [0, 0.05) is 6.07 Å². The molecule has 0 radical (unpaired) electrons. The molecule has 0 heterocycles. The second kappa shape index (κ2) is 4.81. The molecule has 2 rings (SSSR count). The first-order chi connectivity index (χ1) is 8.88. The predicted molar refractivity (Wildman–Crippen MR) is 71.8 cm³/mol. The van der Waals surface area contributed by atoms with Gasteiger partial charge < -0.3 is 10.2 Å². The molecule has 0 saturated heterocycles. The van der Waals surface area contributed by atoms with E-state index in [-0.39, 0.29) is 22.1 Å². The Morgan fingerprint density at radius 1 is 0.947 bits per heavy atom. The summed E-state index contributed by atoms with van der Waals surface area (Å²) in [7, 11) is -3.70. The minimum atomic E-state index is -3.70. The van der Waals surface area contributed by atoms with Crippen molar-refractivity contribution < 1.29 is 18.6 Å². The van der Waals surface area contributed by atoms with E-state index >= 15 is 0 Å². The molecule has 2 aromatic carbocycles. The number of hydrogen-bond donors (Lipinski definition) is 3. The van der Waals surface area contributed by atoms with Gasteiger partial charge in [-0.25, -0.2) is 8.42 Å². The number of phenolic OH excluding ortho intramolecular Hbond substituents is 2. The molecule has 0 amide bonds. The first-order valence-corrected chi connectivity index (χ1v) is 6.98. The summed E-state index contributed by atoms with van der Waals surface area (Å²) < 4.78 is 26.4. The number of benzene rings is 2. The molecule has 5 nitrogen and oxygen atoms in total. The van der Waals surface area contributed by atoms with Crippen LogP contribution in [0, 0.1) is 6.92 Å². The summed E-state index contributed by atoms with van der Waals surface area (Å²) in [5.74, 6) is -0.692. The summed E-state index contributed by atoms with van der Waals surface area (Å²) in [5, 5.41) is 18.5. The van der Waals surface area contributed by atoms with Crippen LogP contribution in [0.4, 0.5) is 5.69 Å². The minimum absolute atomic E-state index is 0.130. The van der Waals surface area contributed by atoms with E-state index in [4.69, 9.17) is 5.11 Å². The van der Waals surface area contributed by atoms with Crippen molar-refractivity contribution in [2.75, 3.05) is 4.72 Å². The van der Waals surface area contributed by atoms with Crippen LogP contribution < -0.4 is 4.72 Å². The Bertz CT molecular complexity index is 693. The van der Waals surface area contributed by atoms with Crippen LogP contribution >= 0.6 is 0 Å². The van der Waals surface area contributed by atoms with Crippen LogP contribution in [0.25, 0.3) is 0 Å². The molecule has 100 valence electrons. The molecule has 0 aliphatic heterocycles. The summed E-state index contributed by atoms with van der Waals surface area (Å²) >= 11 is 0. The quantitative estimate of drug-likeness (QED) is 0.594. The fraction of sp³-hybridized carbons (Fsp3) is 0.0769. The zero-order chi connectivity index (χ0) is 14.0. The van der Waals surface area contributed by atoms with Crippen LogP contribution in [0.2, 0.25) is 0 Å². The maximum atomic E-state index is 12.1. The average Bonchev–Trinajstić information content (AvgIpc) is 2.34. The lowest BCUT2D eigenvalue weighted by Crippen LogP contribution is -2.12. The van der Waals surface area contributed by atoms with Crippen molar-refractivity contribution in [2.45, 2.75) is 11.8 Å². The van der Waals surface area contributed by atoms with Crippen molar-refractivity contribution in [3.63, 3.8) is 0 Å². The number of hydrogen-bond acceptors (Lipinski definition) is 4. The van der Waals surface area contributed by atoms with E-state index in [1.54, 1.807) is 12.1 Å². The Balaban J connectivity index is 2.30. The molecule has 0 aliphatic carbocycles. The van der Waals surface area contributed by atoms with Crippen LogP contribution in [-0.4, -0.2) is 18.6 Å². The fourth-order valence-corrected chi connectivity index (χ4v) is 2.57. The Morgan fingerprint density at radius 3 is 2.16 bits per heavy atom. The van der Waals surface area contributed by atoms with E-state index in [9.17, 15) is 13.5 Å². The molecule has 0 unspecified atom stereocenters. The first-order valence-electron chi connectivity index (χ1n) is 5.50. The summed E-state index contributed by atoms with van der Waals surface area (Å²) in [6, 6.07) is 10.1. The zero-order valence-corrected chi connectivity index (χ0v) is 11.0. The smallest absolute Gasteiger partial charge is 0.261 e. The van der Waals surface area contributed by atoms with Gasteiger partial charge in [-0.2, -0.15) is 0 Å². The van der Waals surface area contributed by atoms with Gasteiger partial charge in [-0.05, 0) is 31.2 Å². The van der Waals surface area contributed by atoms with Gasteiger partial charge in [0.05, 0.1) is 10.6 Å². The third-order valence-corrected chi connectivity index (χ3v) is 3.96. The number of aryl methyl sites for hydroxylation is 1. The van der Waals surface area contributed by atoms with Crippen molar-refractivity contribution in [3.8, 4) is 11.5 Å². The zero-order valence-electron chi connectivity index (χ0n) is 10.2. The van der Waals surface area contributed by atoms with Gasteiger partial charge in [0.25, 0.3) is 10.0 Å². The van der Waals surface area contributed by atoms with E-state index in [1.165, 1.54) is 24.3 Å². The molecular formula is C13H13NO4S. The average molecular weight is 279 g/mol. The van der Waals surface area contributed by atoms with E-state index in [1.807, 2.05) is 6.92 Å². The normalized spacial score (nSPS) is 11.2. The fourth-order valence-electron chi connectivity index (χ4n) is 1.52. The van der Waals surface area contributed by atoms with Gasteiger partial charge in [-0.15, -0.1) is 0 Å². The van der Waals surface area contributed by atoms with Gasteiger partial charge >= 0.3 is 0 Å². The van der Waals surface area contributed by atoms with Crippen LogP contribution in [0.15, 0.2) is 47.4 Å². The molecule has 0 atom stereocenters. The Hall–Kier alpha value is -2.21. The van der Waals surface area contributed by atoms with Crippen LogP contribution in [0.1, 0.15) is 5.56 Å². The third kappa shape index (κ3) is 2.97. The number of sulfonamides is 1. The summed E-state index contributed by atoms with van der Waals surface area (Å²) in [6.07, 6.45) is 0. The molecule has 6 heteroatoms. The highest BCUT2D eigenvalue weighted by atomic mass is 32.2. The highest BCUT2D eigenvalue weighted by Crippen LogP contribution is 2.28. The second-order valence-corrected chi connectivity index (χ2v) is 5.80. The van der Waals surface area contributed by atoms with Gasteiger partial charge in [0.15, 0.2) is 11.5 Å². The van der Waals surface area contributed by atoms with Crippen molar-refractivity contribution in [1.82, 2.24) is 0 Å². The highest BCUT2D eigenvalue weighted by Gasteiger charge is 2.14. The third-order valence-electron chi connectivity index (χ3n) is 2.56. The Labute approximate surface area is 111 Å². The maximum Gasteiger partial charge on any atom is 0.261 e. The van der Waals surface area contributed by atoms with Crippen molar-refractivity contribution in [3.05, 3.63) is 48.0 Å². The van der Waals surface area contributed by atoms with E-state index < -0.39 is 10.0 Å². The lowest BCUT2D eigenvalue weighted by molar-refractivity contribution is 0.404. The monoisotopic (exact) mass is 279 g/mol. The van der Waals surface area contributed by atoms with Gasteiger partial charge in [0.2, 0.25) is 0 Å². The van der Waals surface area contributed by atoms with E-state index in [0.29, 0.717) is 0 Å². The van der Waals surface area contributed by atoms with Crippen molar-refractivity contribution in [2.24, 2.45) is 0 Å². The van der Waals surface area contributed by atoms with E-state index in [0.717, 1.165) is 11.6 Å². The Kier molecular flexibility index (Phi) is 3.35. The van der Waals surface area contributed by atoms with Crippen molar-refractivity contribution >= 4 is 15.7 Å². The summed E-state index contributed by atoms with van der Waals surface area (Å²) in [5.41, 5.74) is 1.14. The molecule has 19 heavy (non-hydrogen) atoms. The molecule has 0 aliphatic rings. The standard InChI is InChI=1S/C13H13NO4S/c1-9-2-5-11(6-3-9)19(17,18)14-10-4-7-12(15)13(16)8-10/h2-8,14-16H,1H3. The van der Waals surface area contributed by atoms with Gasteiger partial charge in [-0.1, -0.05) is 17.7 Å². The molecule has 2 aromatic rings. The molecule has 0 spiro atoms. The number of anilines is 1. The van der Waals surface area contributed by atoms with Crippen LogP contribution in [0.3, 0.4) is 0 Å². The predicted octanol–water partition coefficient (Wildman–Crippen LogP) is 2.21. The molecular weight excluding hydrogens is 266 g/mol. The summed E-state index contributed by atoms with van der Waals surface area (Å²) in [4.78, 5) is 0.130. The van der Waals surface area contributed by atoms with Crippen molar-refractivity contribution in [1.29, 1.82) is 0 Å². The van der Waals surface area contributed by atoms with Gasteiger partial charge in [-0.3, -0.25) is 4.72 Å². The number of aromatic hydroxyl groups is 2. The first kappa shape index (κ1) is 13.2. The summed E-state index contributed by atoms with van der Waals surface area (Å²) in [6.45, 7) is 1.86. The molecule has 3 N–H and O–H groups in total. The second-order valence-electron chi connectivity index (χ2n) is 4.12. The van der Waals surface area contributed by atoms with Gasteiger partial charge in [0.1, 0.15) is 0 Å². The topological polar surface area (TPSA) is 86.6 Å². The highest BCUT2D eigenvalue weighted by molar-refractivity contribution is 7.92. The van der Waals surface area contributed by atoms with Crippen LogP contribution in [0.5, 0.6) is 11.5 Å². The lowest BCUT2D eigenvalue weighted by atomic mass is 10.2.